The second-order valence-corrected chi connectivity index (χ2v) is 5.43. The van der Waals surface area contributed by atoms with Gasteiger partial charge in [-0.15, -0.1) is 0 Å². The van der Waals surface area contributed by atoms with E-state index in [4.69, 9.17) is 5.73 Å². The van der Waals surface area contributed by atoms with Gasteiger partial charge < -0.3 is 11.1 Å². The van der Waals surface area contributed by atoms with Crippen LogP contribution in [-0.2, 0) is 4.79 Å². The number of nitrogens with one attached hydrogen (secondary N) is 1. The van der Waals surface area contributed by atoms with E-state index in [-0.39, 0.29) is 17.9 Å². The Hall–Kier alpha value is -0.570. The van der Waals surface area contributed by atoms with Crippen LogP contribution in [0.1, 0.15) is 58.8 Å². The van der Waals surface area contributed by atoms with Crippen LogP contribution in [0.25, 0.3) is 0 Å². The molecule has 3 atom stereocenters. The molecule has 0 heterocycles. The molecule has 0 aromatic heterocycles. The maximum absolute atomic E-state index is 11.9. The van der Waals surface area contributed by atoms with E-state index >= 15 is 0 Å². The molecule has 1 saturated carbocycles. The van der Waals surface area contributed by atoms with E-state index in [0.717, 1.165) is 32.2 Å². The fourth-order valence-electron chi connectivity index (χ4n) is 2.59. The number of carbonyl (C=O) groups excluding carboxylic acids is 1. The van der Waals surface area contributed by atoms with Crippen LogP contribution < -0.4 is 11.1 Å². The van der Waals surface area contributed by atoms with Crippen molar-refractivity contribution in [3.63, 3.8) is 0 Å². The molecule has 1 aliphatic carbocycles. The summed E-state index contributed by atoms with van der Waals surface area (Å²) in [6, 6.07) is 0.243. The molecule has 3 heteroatoms. The zero-order valence-electron chi connectivity index (χ0n) is 11.4. The first-order valence-electron chi connectivity index (χ1n) is 7.20. The quantitative estimate of drug-likeness (QED) is 0.718. The summed E-state index contributed by atoms with van der Waals surface area (Å²) in [5.74, 6) is 1.05. The third kappa shape index (κ3) is 5.07. The highest BCUT2D eigenvalue weighted by Crippen LogP contribution is 2.24. The lowest BCUT2D eigenvalue weighted by Gasteiger charge is -2.17. The Morgan fingerprint density at radius 2 is 2.18 bits per heavy atom. The van der Waals surface area contributed by atoms with Crippen LogP contribution in [0.15, 0.2) is 0 Å². The lowest BCUT2D eigenvalue weighted by atomic mass is 9.99. The predicted molar refractivity (Wildman–Crippen MR) is 71.6 cm³/mol. The highest BCUT2D eigenvalue weighted by molar-refractivity contribution is 5.78. The summed E-state index contributed by atoms with van der Waals surface area (Å²) in [5, 5.41) is 3.11. The molecule has 3 N–H and O–H groups in total. The smallest absolute Gasteiger partial charge is 0.223 e. The standard InChI is InChI=1S/C14H28N2O/c1-3-5-6-11(4-2)10-16-14(17)12-7-8-13(15)9-12/h11-13H,3-10,15H2,1-2H3,(H,16,17). The molecule has 17 heavy (non-hydrogen) atoms. The van der Waals surface area contributed by atoms with E-state index < -0.39 is 0 Å². The van der Waals surface area contributed by atoms with Crippen molar-refractivity contribution in [3.8, 4) is 0 Å². The monoisotopic (exact) mass is 240 g/mol. The third-order valence-electron chi connectivity index (χ3n) is 3.95. The molecular weight excluding hydrogens is 212 g/mol. The minimum atomic E-state index is 0.175. The van der Waals surface area contributed by atoms with Gasteiger partial charge in [-0.05, 0) is 31.6 Å². The van der Waals surface area contributed by atoms with Crippen molar-refractivity contribution < 1.29 is 4.79 Å². The van der Waals surface area contributed by atoms with E-state index in [1.165, 1.54) is 19.3 Å². The van der Waals surface area contributed by atoms with Gasteiger partial charge in [-0.3, -0.25) is 4.79 Å². The van der Waals surface area contributed by atoms with E-state index in [1.807, 2.05) is 0 Å². The summed E-state index contributed by atoms with van der Waals surface area (Å²) in [5.41, 5.74) is 5.83. The third-order valence-corrected chi connectivity index (χ3v) is 3.95. The van der Waals surface area contributed by atoms with Crippen molar-refractivity contribution in [2.24, 2.45) is 17.6 Å². The topological polar surface area (TPSA) is 55.1 Å². The van der Waals surface area contributed by atoms with E-state index in [2.05, 4.69) is 19.2 Å². The molecule has 1 aliphatic rings. The average Bonchev–Trinajstić information content (AvgIpc) is 2.76. The maximum Gasteiger partial charge on any atom is 0.223 e. The van der Waals surface area contributed by atoms with Gasteiger partial charge in [0.05, 0.1) is 0 Å². The number of hydrogen-bond acceptors (Lipinski definition) is 2. The minimum Gasteiger partial charge on any atom is -0.356 e. The number of unbranched alkanes of at least 4 members (excludes halogenated alkanes) is 1. The second-order valence-electron chi connectivity index (χ2n) is 5.43. The molecular formula is C14H28N2O. The van der Waals surface area contributed by atoms with Gasteiger partial charge in [0.15, 0.2) is 0 Å². The first-order valence-corrected chi connectivity index (χ1v) is 7.20. The summed E-state index contributed by atoms with van der Waals surface area (Å²) in [6.07, 6.45) is 7.74. The van der Waals surface area contributed by atoms with Crippen molar-refractivity contribution in [1.29, 1.82) is 0 Å². The number of hydrogen-bond donors (Lipinski definition) is 2. The van der Waals surface area contributed by atoms with E-state index in [1.54, 1.807) is 0 Å². The van der Waals surface area contributed by atoms with Crippen LogP contribution in [0, 0.1) is 11.8 Å². The summed E-state index contributed by atoms with van der Waals surface area (Å²) in [6.45, 7) is 5.27. The van der Waals surface area contributed by atoms with Crippen LogP contribution in [0.3, 0.4) is 0 Å². The molecule has 0 radical (unpaired) electrons. The van der Waals surface area contributed by atoms with Crippen molar-refractivity contribution in [3.05, 3.63) is 0 Å². The number of nitrogens with two attached hydrogens (primary N) is 1. The molecule has 0 bridgehead atoms. The normalized spacial score (nSPS) is 25.8. The lowest BCUT2D eigenvalue weighted by molar-refractivity contribution is -0.125. The van der Waals surface area contributed by atoms with Gasteiger partial charge in [0.1, 0.15) is 0 Å². The Kier molecular flexibility index (Phi) is 6.56. The van der Waals surface area contributed by atoms with Gasteiger partial charge in [-0.1, -0.05) is 33.1 Å². The number of rotatable bonds is 7. The number of amides is 1. The van der Waals surface area contributed by atoms with Gasteiger partial charge >= 0.3 is 0 Å². The minimum absolute atomic E-state index is 0.175. The Bertz CT molecular complexity index is 230. The van der Waals surface area contributed by atoms with Gasteiger partial charge in [0, 0.05) is 18.5 Å². The molecule has 1 amide bonds. The largest absolute Gasteiger partial charge is 0.356 e. The molecule has 1 rings (SSSR count). The average molecular weight is 240 g/mol. The van der Waals surface area contributed by atoms with Gasteiger partial charge in [0.25, 0.3) is 0 Å². The second kappa shape index (κ2) is 7.70. The van der Waals surface area contributed by atoms with E-state index in [0.29, 0.717) is 5.92 Å². The summed E-state index contributed by atoms with van der Waals surface area (Å²) in [4.78, 5) is 11.9. The zero-order chi connectivity index (χ0) is 12.7. The molecule has 0 aliphatic heterocycles. The van der Waals surface area contributed by atoms with Crippen LogP contribution in [-0.4, -0.2) is 18.5 Å². The van der Waals surface area contributed by atoms with Crippen LogP contribution in [0.2, 0.25) is 0 Å². The molecule has 0 aromatic rings. The zero-order valence-corrected chi connectivity index (χ0v) is 11.4. The van der Waals surface area contributed by atoms with Crippen molar-refractivity contribution >= 4 is 5.91 Å². The Labute approximate surface area is 106 Å². The Balaban J connectivity index is 2.21. The first-order chi connectivity index (χ1) is 8.17. The highest BCUT2D eigenvalue weighted by Gasteiger charge is 2.27. The number of carbonyl (C=O) groups is 1. The van der Waals surface area contributed by atoms with Gasteiger partial charge in [-0.25, -0.2) is 0 Å². The summed E-state index contributed by atoms with van der Waals surface area (Å²) in [7, 11) is 0. The van der Waals surface area contributed by atoms with Crippen LogP contribution >= 0.6 is 0 Å². The van der Waals surface area contributed by atoms with Crippen LogP contribution in [0.4, 0.5) is 0 Å². The molecule has 3 nitrogen and oxygen atoms in total. The summed E-state index contributed by atoms with van der Waals surface area (Å²) < 4.78 is 0. The molecule has 100 valence electrons. The fraction of sp³-hybridized carbons (Fsp3) is 0.929. The highest BCUT2D eigenvalue weighted by atomic mass is 16.1. The van der Waals surface area contributed by atoms with Crippen molar-refractivity contribution in [1.82, 2.24) is 5.32 Å². The molecule has 0 aromatic carbocycles. The SMILES string of the molecule is CCCCC(CC)CNC(=O)C1CCC(N)C1. The molecule has 3 unspecified atom stereocenters. The van der Waals surface area contributed by atoms with Crippen molar-refractivity contribution in [2.75, 3.05) is 6.54 Å². The van der Waals surface area contributed by atoms with Gasteiger partial charge in [-0.2, -0.15) is 0 Å². The summed E-state index contributed by atoms with van der Waals surface area (Å²) >= 11 is 0. The van der Waals surface area contributed by atoms with Crippen molar-refractivity contribution in [2.45, 2.75) is 64.8 Å². The molecule has 1 fully saturated rings. The molecule has 0 saturated heterocycles. The Morgan fingerprint density at radius 3 is 2.71 bits per heavy atom. The lowest BCUT2D eigenvalue weighted by Crippen LogP contribution is -2.34. The first kappa shape index (κ1) is 14.5. The van der Waals surface area contributed by atoms with Crippen LogP contribution in [0.5, 0.6) is 0 Å². The van der Waals surface area contributed by atoms with E-state index in [9.17, 15) is 4.79 Å². The van der Waals surface area contributed by atoms with Gasteiger partial charge in [0.2, 0.25) is 5.91 Å². The molecule has 0 spiro atoms. The fourth-order valence-corrected chi connectivity index (χ4v) is 2.59. The maximum atomic E-state index is 11.9. The Morgan fingerprint density at radius 1 is 1.41 bits per heavy atom. The predicted octanol–water partition coefficient (Wildman–Crippen LogP) is 2.45.